The van der Waals surface area contributed by atoms with Crippen LogP contribution in [0.25, 0.3) is 0 Å². The highest BCUT2D eigenvalue weighted by atomic mass is 16.1. The summed E-state index contributed by atoms with van der Waals surface area (Å²) < 4.78 is 0. The zero-order valence-electron chi connectivity index (χ0n) is 16.1. The van der Waals surface area contributed by atoms with Crippen molar-refractivity contribution in [3.63, 3.8) is 0 Å². The fourth-order valence-electron chi connectivity index (χ4n) is 2.46. The summed E-state index contributed by atoms with van der Waals surface area (Å²) in [6.45, 7) is 7.45. The summed E-state index contributed by atoms with van der Waals surface area (Å²) in [5, 5.41) is 0. The molecule has 27 heavy (non-hydrogen) atoms. The Labute approximate surface area is 162 Å². The molecule has 0 aromatic carbocycles. The number of nitrogens with zero attached hydrogens (tertiary/aromatic N) is 2. The maximum Gasteiger partial charge on any atom is 0.152 e. The number of nitrogens with one attached hydrogen (secondary N) is 1. The summed E-state index contributed by atoms with van der Waals surface area (Å²) in [7, 11) is 0. The quantitative estimate of drug-likeness (QED) is 0.641. The Morgan fingerprint density at radius 1 is 1.07 bits per heavy atom. The molecule has 0 bridgehead atoms. The van der Waals surface area contributed by atoms with Gasteiger partial charge in [-0.25, -0.2) is 4.98 Å². The molecule has 1 aliphatic rings. The zero-order valence-corrected chi connectivity index (χ0v) is 16.1. The summed E-state index contributed by atoms with van der Waals surface area (Å²) in [4.78, 5) is 33.7. The predicted molar refractivity (Wildman–Crippen MR) is 110 cm³/mol. The van der Waals surface area contributed by atoms with Crippen molar-refractivity contribution in [3.8, 4) is 0 Å². The largest absolute Gasteiger partial charge is 0.348 e. The van der Waals surface area contributed by atoms with Crippen molar-refractivity contribution in [2.24, 2.45) is 28.3 Å². The molecule has 1 aromatic rings. The van der Waals surface area contributed by atoms with E-state index in [-0.39, 0.29) is 36.9 Å². The summed E-state index contributed by atoms with van der Waals surface area (Å²) in [5.74, 6) is 0.219. The molecule has 2 atom stereocenters. The smallest absolute Gasteiger partial charge is 0.152 e. The molecule has 1 aromatic heterocycles. The molecule has 0 unspecified atom stereocenters. The second-order valence-corrected chi connectivity index (χ2v) is 7.06. The zero-order chi connectivity index (χ0) is 19.7. The molecular formula is C20H35N5O2. The lowest BCUT2D eigenvalue weighted by molar-refractivity contribution is -0.123. The Balaban J connectivity index is 0.000000483. The van der Waals surface area contributed by atoms with E-state index in [1.807, 2.05) is 40.0 Å². The minimum Gasteiger partial charge on any atom is -0.348 e. The molecule has 152 valence electrons. The van der Waals surface area contributed by atoms with Crippen LogP contribution < -0.4 is 11.5 Å². The number of allylic oxidation sites excluding steroid dienone is 1. The van der Waals surface area contributed by atoms with Crippen LogP contribution in [0.1, 0.15) is 53.7 Å². The second-order valence-electron chi connectivity index (χ2n) is 7.06. The van der Waals surface area contributed by atoms with E-state index >= 15 is 0 Å². The number of carbonyl (C=O) groups excluding carboxylic acids is 2. The van der Waals surface area contributed by atoms with Crippen LogP contribution in [0.15, 0.2) is 29.3 Å². The van der Waals surface area contributed by atoms with Gasteiger partial charge >= 0.3 is 0 Å². The number of rotatable bonds is 8. The van der Waals surface area contributed by atoms with Gasteiger partial charge in [0.15, 0.2) is 11.6 Å². The van der Waals surface area contributed by atoms with Gasteiger partial charge in [0.1, 0.15) is 0 Å². The first-order valence-electron chi connectivity index (χ1n) is 8.99. The van der Waals surface area contributed by atoms with Gasteiger partial charge < -0.3 is 16.5 Å². The molecule has 0 saturated heterocycles. The van der Waals surface area contributed by atoms with Crippen molar-refractivity contribution in [3.05, 3.63) is 30.0 Å². The molecule has 0 fully saturated rings. The third kappa shape index (κ3) is 8.88. The van der Waals surface area contributed by atoms with Crippen LogP contribution in [0.2, 0.25) is 0 Å². The summed E-state index contributed by atoms with van der Waals surface area (Å²) in [6.07, 6.45) is 9.10. The van der Waals surface area contributed by atoms with Crippen LogP contribution in [-0.4, -0.2) is 39.8 Å². The lowest BCUT2D eigenvalue weighted by Gasteiger charge is -2.11. The van der Waals surface area contributed by atoms with Gasteiger partial charge in [-0.15, -0.1) is 0 Å². The average Bonchev–Trinajstić information content (AvgIpc) is 3.27. The number of aromatic nitrogens is 2. The van der Waals surface area contributed by atoms with Gasteiger partial charge in [-0.1, -0.05) is 41.2 Å². The van der Waals surface area contributed by atoms with E-state index in [9.17, 15) is 9.59 Å². The molecule has 7 nitrogen and oxygen atoms in total. The van der Waals surface area contributed by atoms with Crippen LogP contribution in [0.5, 0.6) is 0 Å². The first-order valence-corrected chi connectivity index (χ1v) is 8.99. The molecule has 0 aliphatic carbocycles. The summed E-state index contributed by atoms with van der Waals surface area (Å²) in [6, 6.07) is -0.804. The minimum absolute atomic E-state index is 0. The highest BCUT2D eigenvalue weighted by Crippen LogP contribution is 2.13. The monoisotopic (exact) mass is 377 g/mol. The van der Waals surface area contributed by atoms with Crippen molar-refractivity contribution in [2.75, 3.05) is 0 Å². The van der Waals surface area contributed by atoms with Crippen molar-refractivity contribution in [1.29, 1.82) is 0 Å². The van der Waals surface area contributed by atoms with Crippen LogP contribution in [0.3, 0.4) is 0 Å². The normalized spacial score (nSPS) is 14.9. The van der Waals surface area contributed by atoms with E-state index in [4.69, 9.17) is 11.5 Å². The number of aliphatic imine (C=N–C) groups is 1. The molecule has 0 radical (unpaired) electrons. The van der Waals surface area contributed by atoms with E-state index in [0.29, 0.717) is 12.8 Å². The maximum atomic E-state index is 11.4. The van der Waals surface area contributed by atoms with Crippen molar-refractivity contribution in [1.82, 2.24) is 9.97 Å². The molecule has 0 amide bonds. The van der Waals surface area contributed by atoms with E-state index < -0.39 is 6.04 Å². The van der Waals surface area contributed by atoms with E-state index in [0.717, 1.165) is 17.8 Å². The van der Waals surface area contributed by atoms with Crippen LogP contribution in [-0.2, 0) is 16.0 Å². The number of carbonyl (C=O) groups is 2. The van der Waals surface area contributed by atoms with Crippen LogP contribution in [0.4, 0.5) is 0 Å². The molecule has 1 aliphatic heterocycles. The molecule has 7 heteroatoms. The standard InChI is InChI=1S/C10H16N2O.C9H15N3O.CH4/c1-7(2)10(13)9(11)6-8-4-3-5-12-8;1-6(2)9(13)8(10)3-7-4-11-5-12-7;/h4-5,7,9H,3,6,11H2,1-2H3;4-6,8H,3,10H2,1-2H3,(H,11,12);1H4/t9-;8-;/m10./s1. The number of Topliss-reactive ketones (excluding diaryl/α,β-unsaturated/α-hetero) is 2. The predicted octanol–water partition coefficient (Wildman–Crippen LogP) is 2.43. The number of nitrogens with two attached hydrogens (primary N) is 2. The first kappa shape index (κ1) is 24.9. The fraction of sp³-hybridized carbons (Fsp3) is 0.600. The Bertz CT molecular complexity index is 633. The topological polar surface area (TPSA) is 127 Å². The van der Waals surface area contributed by atoms with Gasteiger partial charge in [0.2, 0.25) is 0 Å². The van der Waals surface area contributed by atoms with E-state index in [2.05, 4.69) is 15.0 Å². The van der Waals surface area contributed by atoms with Crippen molar-refractivity contribution < 1.29 is 9.59 Å². The number of H-pyrrole nitrogens is 1. The fourth-order valence-corrected chi connectivity index (χ4v) is 2.46. The van der Waals surface area contributed by atoms with Gasteiger partial charge in [-0.3, -0.25) is 14.6 Å². The second kappa shape index (κ2) is 12.3. The molecule has 5 N–H and O–H groups in total. The van der Waals surface area contributed by atoms with Gasteiger partial charge in [0, 0.05) is 54.9 Å². The summed E-state index contributed by atoms with van der Waals surface area (Å²) in [5.41, 5.74) is 13.3. The van der Waals surface area contributed by atoms with E-state index in [1.54, 1.807) is 12.5 Å². The first-order chi connectivity index (χ1) is 12.2. The number of ketones is 2. The molecule has 0 spiro atoms. The minimum atomic E-state index is -0.416. The highest BCUT2D eigenvalue weighted by Gasteiger charge is 2.18. The van der Waals surface area contributed by atoms with Gasteiger partial charge in [0.05, 0.1) is 18.4 Å². The Kier molecular flexibility index (Phi) is 11.3. The lowest BCUT2D eigenvalue weighted by Crippen LogP contribution is -2.35. The Hall–Kier alpha value is -2.12. The van der Waals surface area contributed by atoms with Crippen LogP contribution in [0, 0.1) is 11.8 Å². The summed E-state index contributed by atoms with van der Waals surface area (Å²) >= 11 is 0. The van der Waals surface area contributed by atoms with Gasteiger partial charge in [0.25, 0.3) is 0 Å². The van der Waals surface area contributed by atoms with Crippen LogP contribution >= 0.6 is 0 Å². The Morgan fingerprint density at radius 2 is 1.63 bits per heavy atom. The van der Waals surface area contributed by atoms with Gasteiger partial charge in [-0.2, -0.15) is 0 Å². The molecular weight excluding hydrogens is 342 g/mol. The van der Waals surface area contributed by atoms with Crippen molar-refractivity contribution >= 4 is 17.8 Å². The van der Waals surface area contributed by atoms with Gasteiger partial charge in [-0.05, 0) is 0 Å². The third-order valence-electron chi connectivity index (χ3n) is 4.01. The van der Waals surface area contributed by atoms with E-state index in [1.165, 1.54) is 0 Å². The maximum absolute atomic E-state index is 11.4. The molecule has 0 saturated carbocycles. The molecule has 2 heterocycles. The number of hydrogen-bond acceptors (Lipinski definition) is 6. The molecule has 2 rings (SSSR count). The lowest BCUT2D eigenvalue weighted by atomic mass is 9.99. The van der Waals surface area contributed by atoms with Crippen molar-refractivity contribution in [2.45, 2.75) is 66.5 Å². The number of imidazole rings is 1. The SMILES string of the molecule is C.CC(C)C(=O)[C@@H](N)Cc1cnc[nH]1.CC(C)C(=O)[C@H](N)CC1=CCC=N1. The average molecular weight is 378 g/mol. The number of hydrogen-bond donors (Lipinski definition) is 3. The third-order valence-corrected chi connectivity index (χ3v) is 4.01. The highest BCUT2D eigenvalue weighted by molar-refractivity contribution is 5.86. The number of aromatic amines is 1. The Morgan fingerprint density at radius 3 is 2.04 bits per heavy atom.